The molecule has 0 unspecified atom stereocenters. The first-order valence-corrected chi connectivity index (χ1v) is 9.82. The largest absolute Gasteiger partial charge is 0.465 e. The molecule has 1 fully saturated rings. The van der Waals surface area contributed by atoms with Gasteiger partial charge in [-0.25, -0.2) is 19.6 Å². The summed E-state index contributed by atoms with van der Waals surface area (Å²) in [5.74, 6) is -0.461. The van der Waals surface area contributed by atoms with Gasteiger partial charge in [0.05, 0.1) is 36.8 Å². The van der Waals surface area contributed by atoms with E-state index < -0.39 is 5.97 Å². The van der Waals surface area contributed by atoms with Gasteiger partial charge in [-0.3, -0.25) is 9.13 Å². The van der Waals surface area contributed by atoms with Crippen molar-refractivity contribution < 1.29 is 9.53 Å². The second kappa shape index (κ2) is 7.61. The van der Waals surface area contributed by atoms with Crippen molar-refractivity contribution in [3.05, 3.63) is 46.5 Å². The highest BCUT2D eigenvalue weighted by Gasteiger charge is 2.24. The van der Waals surface area contributed by atoms with E-state index in [9.17, 15) is 9.59 Å². The van der Waals surface area contributed by atoms with Crippen molar-refractivity contribution in [2.75, 3.05) is 7.11 Å². The Labute approximate surface area is 162 Å². The van der Waals surface area contributed by atoms with Crippen molar-refractivity contribution in [3.8, 4) is 0 Å². The summed E-state index contributed by atoms with van der Waals surface area (Å²) in [6, 6.07) is 1.86. The molecule has 4 rings (SSSR count). The number of carbonyl (C=O) groups is 1. The lowest BCUT2D eigenvalue weighted by Crippen LogP contribution is -2.29. The third-order valence-electron chi connectivity index (χ3n) is 5.62. The molecule has 148 valence electrons. The number of aromatic nitrogens is 5. The zero-order valence-corrected chi connectivity index (χ0v) is 16.3. The third-order valence-corrected chi connectivity index (χ3v) is 5.62. The van der Waals surface area contributed by atoms with Crippen LogP contribution in [0, 0.1) is 0 Å². The van der Waals surface area contributed by atoms with Gasteiger partial charge in [-0.1, -0.05) is 19.3 Å². The van der Waals surface area contributed by atoms with E-state index in [1.165, 1.54) is 19.7 Å². The Morgan fingerprint density at radius 3 is 2.75 bits per heavy atom. The van der Waals surface area contributed by atoms with Crippen molar-refractivity contribution in [1.82, 2.24) is 23.7 Å². The summed E-state index contributed by atoms with van der Waals surface area (Å²) in [4.78, 5) is 34.1. The number of carbonyl (C=O) groups excluding carboxylic acids is 1. The number of imidazole rings is 2. The van der Waals surface area contributed by atoms with Gasteiger partial charge >= 0.3 is 11.7 Å². The number of pyridine rings is 1. The highest BCUT2D eigenvalue weighted by atomic mass is 16.5. The van der Waals surface area contributed by atoms with Gasteiger partial charge in [-0.2, -0.15) is 0 Å². The van der Waals surface area contributed by atoms with Crippen molar-refractivity contribution in [2.45, 2.75) is 58.2 Å². The smallest absolute Gasteiger partial charge is 0.339 e. The van der Waals surface area contributed by atoms with Crippen molar-refractivity contribution >= 4 is 17.1 Å². The summed E-state index contributed by atoms with van der Waals surface area (Å²) in [6.07, 6.45) is 10.4. The van der Waals surface area contributed by atoms with Crippen LogP contribution in [0.3, 0.4) is 0 Å². The minimum atomic E-state index is -0.461. The summed E-state index contributed by atoms with van der Waals surface area (Å²) < 4.78 is 10.4. The first kappa shape index (κ1) is 18.5. The number of hydrogen-bond donors (Lipinski definition) is 0. The lowest BCUT2D eigenvalue weighted by Gasteiger charge is -2.22. The monoisotopic (exact) mass is 383 g/mol. The van der Waals surface area contributed by atoms with E-state index in [1.807, 2.05) is 16.1 Å². The number of esters is 1. The lowest BCUT2D eigenvalue weighted by molar-refractivity contribution is 0.0600. The maximum Gasteiger partial charge on any atom is 0.339 e. The molecule has 0 bridgehead atoms. The Kier molecular flexibility index (Phi) is 5.02. The van der Waals surface area contributed by atoms with E-state index in [4.69, 9.17) is 4.74 Å². The molecule has 1 saturated carbocycles. The summed E-state index contributed by atoms with van der Waals surface area (Å²) in [6.45, 7) is 3.20. The zero-order chi connectivity index (χ0) is 19.7. The van der Waals surface area contributed by atoms with Gasteiger partial charge in [-0.15, -0.1) is 0 Å². The van der Waals surface area contributed by atoms with Crippen LogP contribution in [0.5, 0.6) is 0 Å². The zero-order valence-electron chi connectivity index (χ0n) is 16.3. The van der Waals surface area contributed by atoms with Gasteiger partial charge in [0, 0.05) is 25.0 Å². The lowest BCUT2D eigenvalue weighted by atomic mass is 9.95. The van der Waals surface area contributed by atoms with Crippen LogP contribution >= 0.6 is 0 Å². The van der Waals surface area contributed by atoms with Crippen LogP contribution in [0.1, 0.15) is 61.1 Å². The van der Waals surface area contributed by atoms with Gasteiger partial charge < -0.3 is 9.30 Å². The Morgan fingerprint density at radius 1 is 1.25 bits per heavy atom. The molecule has 0 saturated heterocycles. The molecule has 3 aromatic heterocycles. The van der Waals surface area contributed by atoms with Gasteiger partial charge in [-0.05, 0) is 25.8 Å². The van der Waals surface area contributed by atoms with Gasteiger partial charge in [0.25, 0.3) is 0 Å². The Bertz CT molecular complexity index is 1060. The molecule has 8 heteroatoms. The minimum absolute atomic E-state index is 0.0831. The van der Waals surface area contributed by atoms with E-state index in [2.05, 4.69) is 9.97 Å². The number of rotatable bonds is 5. The summed E-state index contributed by atoms with van der Waals surface area (Å²) in [5.41, 5.74) is 2.49. The Balaban J connectivity index is 1.89. The maximum atomic E-state index is 13.4. The van der Waals surface area contributed by atoms with Crippen LogP contribution < -0.4 is 5.69 Å². The normalized spacial score (nSPS) is 15.2. The molecule has 3 aromatic rings. The number of methoxy groups -OCH3 is 1. The van der Waals surface area contributed by atoms with Crippen LogP contribution in [0.2, 0.25) is 0 Å². The van der Waals surface area contributed by atoms with Crippen LogP contribution in [0.25, 0.3) is 11.2 Å². The molecule has 0 spiro atoms. The molecule has 0 N–H and O–H groups in total. The van der Waals surface area contributed by atoms with E-state index >= 15 is 0 Å². The molecule has 8 nitrogen and oxygen atoms in total. The summed E-state index contributed by atoms with van der Waals surface area (Å²) in [7, 11) is 1.34. The molecule has 0 amide bonds. The highest BCUT2D eigenvalue weighted by Crippen LogP contribution is 2.29. The molecule has 0 atom stereocenters. The van der Waals surface area contributed by atoms with Crippen molar-refractivity contribution in [3.63, 3.8) is 0 Å². The standard InChI is InChI=1S/C20H25N5O3/c1-3-23-13-21-11-16(23)12-24-17-9-14(19(26)28-2)10-22-18(17)25(20(24)27)15-7-5-4-6-8-15/h9-11,13,15H,3-8,12H2,1-2H3. The predicted octanol–water partition coefficient (Wildman–Crippen LogP) is 2.75. The van der Waals surface area contributed by atoms with E-state index in [0.29, 0.717) is 23.3 Å². The molecule has 0 aromatic carbocycles. The fourth-order valence-electron chi connectivity index (χ4n) is 4.13. The first-order chi connectivity index (χ1) is 13.6. The van der Waals surface area contributed by atoms with Crippen LogP contribution in [-0.2, 0) is 17.8 Å². The summed E-state index contributed by atoms with van der Waals surface area (Å²) >= 11 is 0. The number of ether oxygens (including phenoxy) is 1. The first-order valence-electron chi connectivity index (χ1n) is 9.82. The van der Waals surface area contributed by atoms with Crippen LogP contribution in [0.15, 0.2) is 29.6 Å². The average molecular weight is 383 g/mol. The number of aryl methyl sites for hydroxylation is 1. The fourth-order valence-corrected chi connectivity index (χ4v) is 4.13. The molecule has 28 heavy (non-hydrogen) atoms. The molecule has 0 aliphatic heterocycles. The molecule has 1 aliphatic carbocycles. The molecular formula is C20H25N5O3. The number of nitrogens with zero attached hydrogens (tertiary/aromatic N) is 5. The van der Waals surface area contributed by atoms with Gasteiger partial charge in [0.1, 0.15) is 0 Å². The number of hydrogen-bond acceptors (Lipinski definition) is 5. The SMILES string of the molecule is CCn1cncc1Cn1c(=O)n(C2CCCCC2)c2ncc(C(=O)OC)cc21. The molecule has 3 heterocycles. The van der Waals surface area contributed by atoms with Crippen LogP contribution in [-0.4, -0.2) is 36.7 Å². The van der Waals surface area contributed by atoms with E-state index in [0.717, 1.165) is 37.9 Å². The Morgan fingerprint density at radius 2 is 2.04 bits per heavy atom. The summed E-state index contributed by atoms with van der Waals surface area (Å²) in [5, 5.41) is 0. The topological polar surface area (TPSA) is 83.9 Å². The predicted molar refractivity (Wildman–Crippen MR) is 104 cm³/mol. The van der Waals surface area contributed by atoms with Crippen LogP contribution in [0.4, 0.5) is 0 Å². The quantitative estimate of drug-likeness (QED) is 0.633. The molecule has 1 aliphatic rings. The van der Waals surface area contributed by atoms with Crippen molar-refractivity contribution in [2.24, 2.45) is 0 Å². The Hall–Kier alpha value is -2.90. The third kappa shape index (κ3) is 3.12. The molecular weight excluding hydrogens is 358 g/mol. The van der Waals surface area contributed by atoms with E-state index in [-0.39, 0.29) is 11.7 Å². The van der Waals surface area contributed by atoms with Gasteiger partial charge in [0.15, 0.2) is 5.65 Å². The second-order valence-electron chi connectivity index (χ2n) is 7.26. The maximum absolute atomic E-state index is 13.4. The minimum Gasteiger partial charge on any atom is -0.465 e. The van der Waals surface area contributed by atoms with Gasteiger partial charge in [0.2, 0.25) is 0 Å². The van der Waals surface area contributed by atoms with Crippen molar-refractivity contribution in [1.29, 1.82) is 0 Å². The van der Waals surface area contributed by atoms with E-state index in [1.54, 1.807) is 23.2 Å². The second-order valence-corrected chi connectivity index (χ2v) is 7.26. The highest BCUT2D eigenvalue weighted by molar-refractivity contribution is 5.92. The number of fused-ring (bicyclic) bond motifs is 1. The molecule has 0 radical (unpaired) electrons. The fraction of sp³-hybridized carbons (Fsp3) is 0.500. The average Bonchev–Trinajstić information content (AvgIpc) is 3.30.